The van der Waals surface area contributed by atoms with Crippen molar-refractivity contribution >= 4 is 0 Å². The molecule has 0 bridgehead atoms. The van der Waals surface area contributed by atoms with Gasteiger partial charge in [-0.2, -0.15) is 0 Å². The van der Waals surface area contributed by atoms with Gasteiger partial charge in [0.25, 0.3) is 5.82 Å². The van der Waals surface area contributed by atoms with Crippen molar-refractivity contribution in [2.75, 3.05) is 0 Å². The van der Waals surface area contributed by atoms with Crippen LogP contribution in [0.3, 0.4) is 0 Å². The van der Waals surface area contributed by atoms with Crippen molar-refractivity contribution in [1.82, 2.24) is 4.57 Å². The third-order valence-electron chi connectivity index (χ3n) is 7.35. The molecule has 0 radical (unpaired) electrons. The Morgan fingerprint density at radius 1 is 0.515 bits per heavy atom. The van der Waals surface area contributed by atoms with Gasteiger partial charge in [0.05, 0.1) is 13.1 Å². The predicted octanol–water partition coefficient (Wildman–Crippen LogP) is 9.96. The maximum absolute atomic E-state index is 2.60. The standard InChI is InChI=1S/C31H61N2/c1-4-7-10-13-15-16-17-18-19-22-25-28-33-30-29-32(27-24-21-14-11-8-5-2)31(33)26-23-20-12-9-6-3/h29-30H,4-28H2,1-3H3/q+1. The number of rotatable bonds is 25. The molecule has 33 heavy (non-hydrogen) atoms. The zero-order chi connectivity index (χ0) is 23.8. The lowest BCUT2D eigenvalue weighted by Gasteiger charge is -2.07. The lowest BCUT2D eigenvalue weighted by atomic mass is 10.1. The van der Waals surface area contributed by atoms with E-state index in [1.54, 1.807) is 5.82 Å². The summed E-state index contributed by atoms with van der Waals surface area (Å²) in [5.74, 6) is 1.60. The Bertz CT molecular complexity index is 519. The van der Waals surface area contributed by atoms with Gasteiger partial charge in [0.2, 0.25) is 0 Å². The molecular weight excluding hydrogens is 400 g/mol. The first-order valence-corrected chi connectivity index (χ1v) is 15.4. The van der Waals surface area contributed by atoms with Crippen LogP contribution in [0.2, 0.25) is 0 Å². The molecule has 2 heteroatoms. The lowest BCUT2D eigenvalue weighted by Crippen LogP contribution is -2.37. The molecule has 0 unspecified atom stereocenters. The topological polar surface area (TPSA) is 8.81 Å². The van der Waals surface area contributed by atoms with Gasteiger partial charge in [-0.15, -0.1) is 0 Å². The Morgan fingerprint density at radius 2 is 0.939 bits per heavy atom. The first-order chi connectivity index (χ1) is 16.3. The second-order valence-corrected chi connectivity index (χ2v) is 10.6. The van der Waals surface area contributed by atoms with E-state index < -0.39 is 0 Å². The van der Waals surface area contributed by atoms with Gasteiger partial charge in [0, 0.05) is 6.42 Å². The first-order valence-electron chi connectivity index (χ1n) is 15.4. The average molecular weight is 462 g/mol. The van der Waals surface area contributed by atoms with Crippen LogP contribution >= 0.6 is 0 Å². The van der Waals surface area contributed by atoms with Gasteiger partial charge in [-0.25, -0.2) is 9.13 Å². The van der Waals surface area contributed by atoms with Crippen LogP contribution in [0.25, 0.3) is 0 Å². The fraction of sp³-hybridized carbons (Fsp3) is 0.903. The molecule has 1 heterocycles. The molecule has 0 amide bonds. The maximum Gasteiger partial charge on any atom is 0.256 e. The molecule has 0 spiro atoms. The highest BCUT2D eigenvalue weighted by molar-refractivity contribution is 4.84. The van der Waals surface area contributed by atoms with Crippen LogP contribution in [0.1, 0.15) is 168 Å². The smallest absolute Gasteiger partial charge is 0.234 e. The molecule has 2 nitrogen and oxygen atoms in total. The average Bonchev–Trinajstić information content (AvgIpc) is 3.21. The van der Waals surface area contributed by atoms with E-state index in [-0.39, 0.29) is 0 Å². The number of imidazole rings is 1. The van der Waals surface area contributed by atoms with Crippen molar-refractivity contribution in [2.24, 2.45) is 0 Å². The quantitative estimate of drug-likeness (QED) is 0.101. The zero-order valence-electron chi connectivity index (χ0n) is 23.2. The van der Waals surface area contributed by atoms with Crippen LogP contribution < -0.4 is 4.57 Å². The van der Waals surface area contributed by atoms with E-state index in [0.29, 0.717) is 0 Å². The minimum atomic E-state index is 1.22. The van der Waals surface area contributed by atoms with Crippen LogP contribution in [-0.2, 0) is 19.5 Å². The van der Waals surface area contributed by atoms with Gasteiger partial charge in [-0.1, -0.05) is 130 Å². The number of hydrogen-bond donors (Lipinski definition) is 0. The fourth-order valence-electron chi connectivity index (χ4n) is 5.09. The summed E-state index contributed by atoms with van der Waals surface area (Å²) in [4.78, 5) is 0. The highest BCUT2D eigenvalue weighted by Crippen LogP contribution is 2.13. The summed E-state index contributed by atoms with van der Waals surface area (Å²) >= 11 is 0. The summed E-state index contributed by atoms with van der Waals surface area (Å²) in [5.41, 5.74) is 0. The summed E-state index contributed by atoms with van der Waals surface area (Å²) in [7, 11) is 0. The van der Waals surface area contributed by atoms with E-state index >= 15 is 0 Å². The summed E-state index contributed by atoms with van der Waals surface area (Å²) < 4.78 is 5.20. The van der Waals surface area contributed by atoms with E-state index in [0.717, 1.165) is 0 Å². The molecule has 0 atom stereocenters. The highest BCUT2D eigenvalue weighted by Gasteiger charge is 2.16. The summed E-state index contributed by atoms with van der Waals surface area (Å²) in [6.45, 7) is 9.38. The van der Waals surface area contributed by atoms with Crippen molar-refractivity contribution in [3.63, 3.8) is 0 Å². The number of aryl methyl sites for hydroxylation is 2. The van der Waals surface area contributed by atoms with Crippen molar-refractivity contribution in [3.05, 3.63) is 18.2 Å². The van der Waals surface area contributed by atoms with Gasteiger partial charge in [0.15, 0.2) is 0 Å². The second kappa shape index (κ2) is 23.0. The molecule has 194 valence electrons. The Balaban J connectivity index is 2.30. The molecule has 1 aromatic rings. The van der Waals surface area contributed by atoms with Gasteiger partial charge >= 0.3 is 0 Å². The third-order valence-corrected chi connectivity index (χ3v) is 7.35. The maximum atomic E-state index is 2.60. The Hall–Kier alpha value is -0.790. The number of aromatic nitrogens is 2. The minimum Gasteiger partial charge on any atom is -0.234 e. The molecule has 0 aliphatic rings. The fourth-order valence-corrected chi connectivity index (χ4v) is 5.09. The molecule has 1 aromatic heterocycles. The molecule has 0 saturated heterocycles. The molecule has 0 saturated carbocycles. The Morgan fingerprint density at radius 3 is 1.45 bits per heavy atom. The van der Waals surface area contributed by atoms with Gasteiger partial charge in [-0.3, -0.25) is 0 Å². The second-order valence-electron chi connectivity index (χ2n) is 10.6. The Labute approximate surface area is 208 Å². The highest BCUT2D eigenvalue weighted by atomic mass is 15.1. The molecule has 0 aliphatic heterocycles. The van der Waals surface area contributed by atoms with Crippen molar-refractivity contribution < 1.29 is 4.57 Å². The zero-order valence-corrected chi connectivity index (χ0v) is 23.2. The predicted molar refractivity (Wildman–Crippen MR) is 147 cm³/mol. The summed E-state index contributed by atoms with van der Waals surface area (Å²) in [5, 5.41) is 0. The molecular formula is C31H61N2+. The van der Waals surface area contributed by atoms with Gasteiger partial charge < -0.3 is 0 Å². The molecule has 0 aromatic carbocycles. The monoisotopic (exact) mass is 461 g/mol. The van der Waals surface area contributed by atoms with Crippen molar-refractivity contribution in [3.8, 4) is 0 Å². The van der Waals surface area contributed by atoms with Crippen molar-refractivity contribution in [1.29, 1.82) is 0 Å². The van der Waals surface area contributed by atoms with E-state index in [4.69, 9.17) is 0 Å². The van der Waals surface area contributed by atoms with Gasteiger partial charge in [-0.05, 0) is 32.1 Å². The minimum absolute atomic E-state index is 1.22. The third kappa shape index (κ3) is 16.5. The Kier molecular flexibility index (Phi) is 21.1. The number of nitrogens with zero attached hydrogens (tertiary/aromatic N) is 2. The lowest BCUT2D eigenvalue weighted by molar-refractivity contribution is -0.704. The number of unbranched alkanes of at least 4 members (excludes halogenated alkanes) is 19. The van der Waals surface area contributed by atoms with E-state index in [1.165, 1.54) is 161 Å². The van der Waals surface area contributed by atoms with Crippen LogP contribution in [-0.4, -0.2) is 4.57 Å². The summed E-state index contributed by atoms with van der Waals surface area (Å²) in [6, 6.07) is 0. The van der Waals surface area contributed by atoms with E-state index in [1.807, 2.05) is 0 Å². The molecule has 0 fully saturated rings. The van der Waals surface area contributed by atoms with E-state index in [2.05, 4.69) is 42.3 Å². The van der Waals surface area contributed by atoms with Gasteiger partial charge in [0.1, 0.15) is 12.4 Å². The van der Waals surface area contributed by atoms with Crippen LogP contribution in [0.5, 0.6) is 0 Å². The number of hydrogen-bond acceptors (Lipinski definition) is 0. The van der Waals surface area contributed by atoms with Crippen LogP contribution in [0.15, 0.2) is 12.4 Å². The summed E-state index contributed by atoms with van der Waals surface area (Å²) in [6.07, 6.45) is 37.0. The largest absolute Gasteiger partial charge is 0.256 e. The molecule has 1 rings (SSSR count). The SMILES string of the molecule is CCCCCCCCCCCCCn1cc[n+](CCCCCCCC)c1CCCCCCC. The van der Waals surface area contributed by atoms with Crippen LogP contribution in [0, 0.1) is 0 Å². The normalized spacial score (nSPS) is 11.5. The molecule has 0 N–H and O–H groups in total. The first kappa shape index (κ1) is 30.2. The van der Waals surface area contributed by atoms with Crippen LogP contribution in [0.4, 0.5) is 0 Å². The van der Waals surface area contributed by atoms with Crippen molar-refractivity contribution in [2.45, 2.75) is 182 Å². The molecule has 0 aliphatic carbocycles. The van der Waals surface area contributed by atoms with E-state index in [9.17, 15) is 0 Å².